The lowest BCUT2D eigenvalue weighted by Gasteiger charge is -2.26. The van der Waals surface area contributed by atoms with E-state index in [0.29, 0.717) is 6.42 Å². The van der Waals surface area contributed by atoms with Gasteiger partial charge >= 0.3 is 0 Å². The summed E-state index contributed by atoms with van der Waals surface area (Å²) in [5.74, 6) is 1.95. The van der Waals surface area contributed by atoms with Gasteiger partial charge in [-0.05, 0) is 25.3 Å². The zero-order valence-corrected chi connectivity index (χ0v) is 10.7. The number of rotatable bonds is 6. The molecular formula is C13H26N2O. The molecule has 94 valence electrons. The molecule has 1 aliphatic rings. The number of nitrogens with one attached hydrogen (secondary N) is 2. The average Bonchev–Trinajstić information content (AvgIpc) is 2.29. The molecule has 0 radical (unpaired) electrons. The van der Waals surface area contributed by atoms with E-state index in [1.54, 1.807) is 0 Å². The van der Waals surface area contributed by atoms with Crippen LogP contribution in [0.5, 0.6) is 0 Å². The highest BCUT2D eigenvalue weighted by atomic mass is 16.1. The van der Waals surface area contributed by atoms with Gasteiger partial charge in [-0.2, -0.15) is 0 Å². The zero-order chi connectivity index (χ0) is 11.8. The van der Waals surface area contributed by atoms with Crippen LogP contribution in [0.4, 0.5) is 0 Å². The summed E-state index contributed by atoms with van der Waals surface area (Å²) in [6.45, 7) is 3.98. The number of hydrogen-bond acceptors (Lipinski definition) is 2. The van der Waals surface area contributed by atoms with Crippen LogP contribution < -0.4 is 10.6 Å². The molecular weight excluding hydrogens is 200 g/mol. The van der Waals surface area contributed by atoms with Crippen molar-refractivity contribution in [2.24, 2.45) is 11.8 Å². The Kier molecular flexibility index (Phi) is 6.46. The molecule has 0 atom stereocenters. The van der Waals surface area contributed by atoms with Gasteiger partial charge in [0.2, 0.25) is 5.91 Å². The second kappa shape index (κ2) is 7.66. The SMILES string of the molecule is CNCCC(=O)NCCC1CCC(C)CC1. The van der Waals surface area contributed by atoms with Gasteiger partial charge in [0, 0.05) is 19.5 Å². The second-order valence-corrected chi connectivity index (χ2v) is 5.12. The highest BCUT2D eigenvalue weighted by molar-refractivity contribution is 5.75. The van der Waals surface area contributed by atoms with Gasteiger partial charge in [0.15, 0.2) is 0 Å². The lowest BCUT2D eigenvalue weighted by atomic mass is 9.81. The highest BCUT2D eigenvalue weighted by Gasteiger charge is 2.17. The quantitative estimate of drug-likeness (QED) is 0.726. The van der Waals surface area contributed by atoms with Gasteiger partial charge in [-0.1, -0.05) is 32.6 Å². The largest absolute Gasteiger partial charge is 0.356 e. The molecule has 2 N–H and O–H groups in total. The fraction of sp³-hybridized carbons (Fsp3) is 0.923. The predicted molar refractivity (Wildman–Crippen MR) is 67.3 cm³/mol. The summed E-state index contributed by atoms with van der Waals surface area (Å²) >= 11 is 0. The predicted octanol–water partition coefficient (Wildman–Crippen LogP) is 1.93. The third kappa shape index (κ3) is 5.50. The molecule has 0 unspecified atom stereocenters. The Hall–Kier alpha value is -0.570. The summed E-state index contributed by atoms with van der Waals surface area (Å²) < 4.78 is 0. The van der Waals surface area contributed by atoms with Crippen molar-refractivity contribution in [2.45, 2.75) is 45.4 Å². The molecule has 1 aliphatic carbocycles. The Morgan fingerprint density at radius 1 is 1.19 bits per heavy atom. The van der Waals surface area contributed by atoms with Crippen LogP contribution in [-0.2, 0) is 4.79 Å². The number of carbonyl (C=O) groups is 1. The zero-order valence-electron chi connectivity index (χ0n) is 10.7. The van der Waals surface area contributed by atoms with Gasteiger partial charge in [-0.15, -0.1) is 0 Å². The van der Waals surface area contributed by atoms with E-state index in [9.17, 15) is 4.79 Å². The summed E-state index contributed by atoms with van der Waals surface area (Å²) in [7, 11) is 1.87. The molecule has 0 aromatic heterocycles. The van der Waals surface area contributed by atoms with Crippen molar-refractivity contribution in [2.75, 3.05) is 20.1 Å². The van der Waals surface area contributed by atoms with Gasteiger partial charge in [-0.25, -0.2) is 0 Å². The van der Waals surface area contributed by atoms with E-state index in [4.69, 9.17) is 0 Å². The topological polar surface area (TPSA) is 41.1 Å². The van der Waals surface area contributed by atoms with Crippen molar-refractivity contribution in [1.82, 2.24) is 10.6 Å². The molecule has 1 saturated carbocycles. The van der Waals surface area contributed by atoms with Crippen LogP contribution in [0.25, 0.3) is 0 Å². The summed E-state index contributed by atoms with van der Waals surface area (Å²) in [5.41, 5.74) is 0. The Morgan fingerprint density at radius 2 is 1.88 bits per heavy atom. The van der Waals surface area contributed by atoms with Gasteiger partial charge in [0.05, 0.1) is 0 Å². The maximum absolute atomic E-state index is 11.3. The average molecular weight is 226 g/mol. The minimum Gasteiger partial charge on any atom is -0.356 e. The van der Waals surface area contributed by atoms with Crippen molar-refractivity contribution in [3.63, 3.8) is 0 Å². The lowest BCUT2D eigenvalue weighted by molar-refractivity contribution is -0.121. The van der Waals surface area contributed by atoms with E-state index in [1.165, 1.54) is 25.7 Å². The lowest BCUT2D eigenvalue weighted by Crippen LogP contribution is -2.29. The van der Waals surface area contributed by atoms with Crippen LogP contribution in [0.2, 0.25) is 0 Å². The maximum atomic E-state index is 11.3. The molecule has 0 saturated heterocycles. The molecule has 1 fully saturated rings. The Balaban J connectivity index is 2.00. The van der Waals surface area contributed by atoms with Crippen molar-refractivity contribution in [1.29, 1.82) is 0 Å². The van der Waals surface area contributed by atoms with E-state index < -0.39 is 0 Å². The Labute approximate surface area is 99.4 Å². The summed E-state index contributed by atoms with van der Waals surface area (Å²) in [5, 5.41) is 5.98. The Morgan fingerprint density at radius 3 is 2.50 bits per heavy atom. The fourth-order valence-corrected chi connectivity index (χ4v) is 2.36. The van der Waals surface area contributed by atoms with Crippen LogP contribution in [0.1, 0.15) is 45.4 Å². The first-order valence-corrected chi connectivity index (χ1v) is 6.63. The van der Waals surface area contributed by atoms with Crippen LogP contribution in [-0.4, -0.2) is 26.0 Å². The summed E-state index contributed by atoms with van der Waals surface area (Å²) in [6.07, 6.45) is 7.22. The molecule has 3 heteroatoms. The van der Waals surface area contributed by atoms with E-state index in [0.717, 1.165) is 31.3 Å². The highest BCUT2D eigenvalue weighted by Crippen LogP contribution is 2.29. The first-order valence-electron chi connectivity index (χ1n) is 6.63. The van der Waals surface area contributed by atoms with Gasteiger partial charge in [-0.3, -0.25) is 4.79 Å². The van der Waals surface area contributed by atoms with Crippen LogP contribution in [0.15, 0.2) is 0 Å². The van der Waals surface area contributed by atoms with Crippen molar-refractivity contribution in [3.05, 3.63) is 0 Å². The van der Waals surface area contributed by atoms with Crippen molar-refractivity contribution in [3.8, 4) is 0 Å². The molecule has 0 aromatic rings. The molecule has 0 spiro atoms. The molecule has 0 heterocycles. The molecule has 1 amide bonds. The summed E-state index contributed by atoms with van der Waals surface area (Å²) in [4.78, 5) is 11.3. The minimum atomic E-state index is 0.179. The first kappa shape index (κ1) is 13.5. The smallest absolute Gasteiger partial charge is 0.221 e. The van der Waals surface area contributed by atoms with Gasteiger partial charge in [0.1, 0.15) is 0 Å². The van der Waals surface area contributed by atoms with Crippen molar-refractivity contribution >= 4 is 5.91 Å². The molecule has 0 aromatic carbocycles. The molecule has 16 heavy (non-hydrogen) atoms. The molecule has 1 rings (SSSR count). The van der Waals surface area contributed by atoms with Crippen LogP contribution in [0.3, 0.4) is 0 Å². The number of amides is 1. The molecule has 0 aliphatic heterocycles. The van der Waals surface area contributed by atoms with E-state index in [1.807, 2.05) is 7.05 Å². The maximum Gasteiger partial charge on any atom is 0.221 e. The van der Waals surface area contributed by atoms with Crippen molar-refractivity contribution < 1.29 is 4.79 Å². The third-order valence-electron chi connectivity index (χ3n) is 3.61. The van der Waals surface area contributed by atoms with Crippen LogP contribution >= 0.6 is 0 Å². The van der Waals surface area contributed by atoms with E-state index >= 15 is 0 Å². The van der Waals surface area contributed by atoms with E-state index in [-0.39, 0.29) is 5.91 Å². The van der Waals surface area contributed by atoms with Gasteiger partial charge in [0.25, 0.3) is 0 Å². The van der Waals surface area contributed by atoms with E-state index in [2.05, 4.69) is 17.6 Å². The standard InChI is InChI=1S/C13H26N2O/c1-11-3-5-12(6-4-11)7-10-15-13(16)8-9-14-2/h11-12,14H,3-10H2,1-2H3,(H,15,16). The molecule has 0 bridgehead atoms. The fourth-order valence-electron chi connectivity index (χ4n) is 2.36. The minimum absolute atomic E-state index is 0.179. The monoisotopic (exact) mass is 226 g/mol. The third-order valence-corrected chi connectivity index (χ3v) is 3.61. The number of carbonyl (C=O) groups excluding carboxylic acids is 1. The Bertz CT molecular complexity index is 198. The summed E-state index contributed by atoms with van der Waals surface area (Å²) in [6, 6.07) is 0. The second-order valence-electron chi connectivity index (χ2n) is 5.12. The first-order chi connectivity index (χ1) is 7.72. The number of hydrogen-bond donors (Lipinski definition) is 2. The van der Waals surface area contributed by atoms with Gasteiger partial charge < -0.3 is 10.6 Å². The van der Waals surface area contributed by atoms with Crippen LogP contribution in [0, 0.1) is 11.8 Å². The normalized spacial score (nSPS) is 25.4. The molecule has 3 nitrogen and oxygen atoms in total.